The largest absolute Gasteiger partial charge is 0.496 e. The summed E-state index contributed by atoms with van der Waals surface area (Å²) in [5, 5.41) is 3.62. The lowest BCUT2D eigenvalue weighted by Crippen LogP contribution is -2.38. The second kappa shape index (κ2) is 11.2. The minimum Gasteiger partial charge on any atom is -0.496 e. The predicted molar refractivity (Wildman–Crippen MR) is 105 cm³/mol. The van der Waals surface area contributed by atoms with Crippen LogP contribution in [0.3, 0.4) is 0 Å². The number of rotatable bonds is 7. The molecular weight excluding hydrogens is 347 g/mol. The summed E-state index contributed by atoms with van der Waals surface area (Å²) in [6.07, 6.45) is 1.11. The SMILES string of the molecule is CCC(C)(C)NCc1ccc(OC)c(CN2CCOCC2)c1.Cl.Cl. The molecule has 1 heterocycles. The van der Waals surface area contributed by atoms with E-state index in [1.165, 1.54) is 11.1 Å². The summed E-state index contributed by atoms with van der Waals surface area (Å²) in [4.78, 5) is 2.43. The maximum absolute atomic E-state index is 5.53. The molecule has 0 radical (unpaired) electrons. The van der Waals surface area contributed by atoms with E-state index >= 15 is 0 Å². The fourth-order valence-electron chi connectivity index (χ4n) is 2.53. The second-order valence-electron chi connectivity index (χ2n) is 6.63. The minimum atomic E-state index is 0. The number of hydrogen-bond acceptors (Lipinski definition) is 4. The first-order chi connectivity index (χ1) is 10.5. The Bertz CT molecular complexity index is 478. The molecule has 1 N–H and O–H groups in total. The van der Waals surface area contributed by atoms with Gasteiger partial charge in [0, 0.05) is 37.3 Å². The van der Waals surface area contributed by atoms with E-state index in [4.69, 9.17) is 9.47 Å². The van der Waals surface area contributed by atoms with Gasteiger partial charge in [0.2, 0.25) is 0 Å². The number of nitrogens with one attached hydrogen (secondary N) is 1. The molecule has 1 aromatic carbocycles. The van der Waals surface area contributed by atoms with Gasteiger partial charge in [-0.15, -0.1) is 24.8 Å². The molecule has 1 saturated heterocycles. The zero-order valence-electron chi connectivity index (χ0n) is 15.3. The number of ether oxygens (including phenoxy) is 2. The normalized spacial score (nSPS) is 15.3. The first-order valence-electron chi connectivity index (χ1n) is 8.25. The topological polar surface area (TPSA) is 33.7 Å². The Morgan fingerprint density at radius 1 is 1.21 bits per heavy atom. The van der Waals surface area contributed by atoms with E-state index in [0.717, 1.165) is 51.6 Å². The van der Waals surface area contributed by atoms with E-state index < -0.39 is 0 Å². The van der Waals surface area contributed by atoms with Gasteiger partial charge in [-0.2, -0.15) is 0 Å². The van der Waals surface area contributed by atoms with Crippen molar-refractivity contribution in [3.8, 4) is 5.75 Å². The van der Waals surface area contributed by atoms with Crippen LogP contribution in [0.25, 0.3) is 0 Å². The highest BCUT2D eigenvalue weighted by molar-refractivity contribution is 5.85. The van der Waals surface area contributed by atoms with Crippen LogP contribution in [0.5, 0.6) is 5.75 Å². The van der Waals surface area contributed by atoms with Crippen molar-refractivity contribution in [2.75, 3.05) is 33.4 Å². The molecule has 24 heavy (non-hydrogen) atoms. The maximum atomic E-state index is 5.53. The van der Waals surface area contributed by atoms with E-state index in [2.05, 4.69) is 49.2 Å². The third kappa shape index (κ3) is 7.16. The number of methoxy groups -OCH3 is 1. The van der Waals surface area contributed by atoms with Crippen LogP contribution in [0, 0.1) is 0 Å². The minimum absolute atomic E-state index is 0. The summed E-state index contributed by atoms with van der Waals surface area (Å²) in [6, 6.07) is 6.51. The van der Waals surface area contributed by atoms with Crippen molar-refractivity contribution in [2.24, 2.45) is 0 Å². The van der Waals surface area contributed by atoms with Crippen LogP contribution in [0.2, 0.25) is 0 Å². The van der Waals surface area contributed by atoms with Crippen molar-refractivity contribution in [1.29, 1.82) is 0 Å². The van der Waals surface area contributed by atoms with Gasteiger partial charge < -0.3 is 14.8 Å². The van der Waals surface area contributed by atoms with Gasteiger partial charge in [0.25, 0.3) is 0 Å². The molecule has 1 fully saturated rings. The molecule has 140 valence electrons. The van der Waals surface area contributed by atoms with Gasteiger partial charge >= 0.3 is 0 Å². The van der Waals surface area contributed by atoms with Gasteiger partial charge in [-0.3, -0.25) is 4.90 Å². The van der Waals surface area contributed by atoms with Crippen molar-refractivity contribution in [3.05, 3.63) is 29.3 Å². The Hall–Kier alpha value is -0.520. The van der Waals surface area contributed by atoms with E-state index in [1.54, 1.807) is 7.11 Å². The molecule has 1 aliphatic heterocycles. The monoisotopic (exact) mass is 378 g/mol. The Morgan fingerprint density at radius 3 is 2.46 bits per heavy atom. The molecule has 1 aliphatic rings. The maximum Gasteiger partial charge on any atom is 0.123 e. The van der Waals surface area contributed by atoms with Gasteiger partial charge in [0.1, 0.15) is 5.75 Å². The molecule has 0 saturated carbocycles. The lowest BCUT2D eigenvalue weighted by Gasteiger charge is -2.28. The van der Waals surface area contributed by atoms with Gasteiger partial charge in [0.05, 0.1) is 20.3 Å². The van der Waals surface area contributed by atoms with Crippen LogP contribution in [0.1, 0.15) is 38.3 Å². The van der Waals surface area contributed by atoms with Crippen molar-refractivity contribution < 1.29 is 9.47 Å². The van der Waals surface area contributed by atoms with Gasteiger partial charge in [-0.05, 0) is 38.0 Å². The molecule has 1 aromatic rings. The average molecular weight is 379 g/mol. The highest BCUT2D eigenvalue weighted by Gasteiger charge is 2.16. The number of morpholine rings is 1. The lowest BCUT2D eigenvalue weighted by atomic mass is 10.0. The van der Waals surface area contributed by atoms with Gasteiger partial charge in [-0.1, -0.05) is 13.0 Å². The summed E-state index contributed by atoms with van der Waals surface area (Å²) >= 11 is 0. The van der Waals surface area contributed by atoms with Crippen LogP contribution in [-0.4, -0.2) is 43.9 Å². The Kier molecular flexibility index (Phi) is 10.9. The summed E-state index contributed by atoms with van der Waals surface area (Å²) in [5.74, 6) is 0.977. The van der Waals surface area contributed by atoms with E-state index in [0.29, 0.717) is 0 Å². The summed E-state index contributed by atoms with van der Waals surface area (Å²) in [7, 11) is 1.75. The Balaban J connectivity index is 0.00000264. The fourth-order valence-corrected chi connectivity index (χ4v) is 2.53. The third-order valence-corrected chi connectivity index (χ3v) is 4.50. The molecule has 0 atom stereocenters. The fraction of sp³-hybridized carbons (Fsp3) is 0.667. The summed E-state index contributed by atoms with van der Waals surface area (Å²) < 4.78 is 11.0. The zero-order chi connectivity index (χ0) is 16.0. The van der Waals surface area contributed by atoms with Gasteiger partial charge in [0.15, 0.2) is 0 Å². The highest BCUT2D eigenvalue weighted by atomic mass is 35.5. The average Bonchev–Trinajstić information content (AvgIpc) is 2.54. The highest BCUT2D eigenvalue weighted by Crippen LogP contribution is 2.22. The molecule has 0 spiro atoms. The standard InChI is InChI=1S/C18H30N2O2.2ClH/c1-5-18(2,3)19-13-15-6-7-17(21-4)16(12-15)14-20-8-10-22-11-9-20;;/h6-7,12,19H,5,8-11,13-14H2,1-4H3;2*1H. The first kappa shape index (κ1) is 23.5. The lowest BCUT2D eigenvalue weighted by molar-refractivity contribution is 0.0339. The predicted octanol–water partition coefficient (Wildman–Crippen LogP) is 3.65. The quantitative estimate of drug-likeness (QED) is 0.784. The summed E-state index contributed by atoms with van der Waals surface area (Å²) in [5.41, 5.74) is 2.74. The van der Waals surface area contributed by atoms with E-state index in [9.17, 15) is 0 Å². The molecule has 0 aliphatic carbocycles. The number of benzene rings is 1. The van der Waals surface area contributed by atoms with Crippen LogP contribution in [0.4, 0.5) is 0 Å². The summed E-state index contributed by atoms with van der Waals surface area (Å²) in [6.45, 7) is 12.2. The molecule has 6 heteroatoms. The Labute approximate surface area is 159 Å². The smallest absolute Gasteiger partial charge is 0.123 e. The van der Waals surface area contributed by atoms with Crippen LogP contribution in [-0.2, 0) is 17.8 Å². The van der Waals surface area contributed by atoms with Crippen LogP contribution >= 0.6 is 24.8 Å². The second-order valence-corrected chi connectivity index (χ2v) is 6.63. The van der Waals surface area contributed by atoms with Gasteiger partial charge in [-0.25, -0.2) is 0 Å². The van der Waals surface area contributed by atoms with Crippen molar-refractivity contribution in [3.63, 3.8) is 0 Å². The first-order valence-corrected chi connectivity index (χ1v) is 8.25. The molecule has 2 rings (SSSR count). The van der Waals surface area contributed by atoms with Crippen LogP contribution < -0.4 is 10.1 Å². The zero-order valence-corrected chi connectivity index (χ0v) is 16.9. The number of halogens is 2. The van der Waals surface area contributed by atoms with Crippen LogP contribution in [0.15, 0.2) is 18.2 Å². The third-order valence-electron chi connectivity index (χ3n) is 4.50. The molecular formula is C18H32Cl2N2O2. The van der Waals surface area contributed by atoms with Crippen molar-refractivity contribution in [2.45, 2.75) is 45.8 Å². The van der Waals surface area contributed by atoms with E-state index in [1.807, 2.05) is 0 Å². The molecule has 0 aromatic heterocycles. The molecule has 0 amide bonds. The molecule has 0 bridgehead atoms. The Morgan fingerprint density at radius 2 is 1.88 bits per heavy atom. The molecule has 4 nitrogen and oxygen atoms in total. The molecule has 0 unspecified atom stereocenters. The van der Waals surface area contributed by atoms with Crippen molar-refractivity contribution in [1.82, 2.24) is 10.2 Å². The van der Waals surface area contributed by atoms with Crippen molar-refractivity contribution >= 4 is 24.8 Å². The number of hydrogen-bond donors (Lipinski definition) is 1. The van der Waals surface area contributed by atoms with E-state index in [-0.39, 0.29) is 30.4 Å². The number of nitrogens with zero attached hydrogens (tertiary/aromatic N) is 1.